The number of benzene rings is 1. The van der Waals surface area contributed by atoms with E-state index < -0.39 is 0 Å². The van der Waals surface area contributed by atoms with Gasteiger partial charge in [-0.1, -0.05) is 25.5 Å². The summed E-state index contributed by atoms with van der Waals surface area (Å²) in [5.41, 5.74) is 2.78. The lowest BCUT2D eigenvalue weighted by Gasteiger charge is -2.09. The Hall–Kier alpha value is -2.23. The Bertz CT molecular complexity index is 632. The summed E-state index contributed by atoms with van der Waals surface area (Å²) in [6.45, 7) is 5.34. The summed E-state index contributed by atoms with van der Waals surface area (Å²) in [4.78, 5) is 12.2. The van der Waals surface area contributed by atoms with Crippen molar-refractivity contribution in [2.75, 3.05) is 6.61 Å². The Morgan fingerprint density at radius 1 is 1.27 bits per heavy atom. The summed E-state index contributed by atoms with van der Waals surface area (Å²) in [7, 11) is 1.90. The molecule has 1 aromatic carbocycles. The first-order valence-corrected chi connectivity index (χ1v) is 7.74. The number of hydrogen-bond acceptors (Lipinski definition) is 2. The lowest BCUT2D eigenvalue weighted by molar-refractivity contribution is 0.0942. The molecule has 0 saturated carbocycles. The second kappa shape index (κ2) is 7.69. The molecule has 0 fully saturated rings. The Balaban J connectivity index is 1.92. The number of aromatic nitrogens is 1. The van der Waals surface area contributed by atoms with Gasteiger partial charge in [0.05, 0.1) is 6.61 Å². The molecule has 0 saturated heterocycles. The third-order valence-electron chi connectivity index (χ3n) is 3.72. The van der Waals surface area contributed by atoms with Gasteiger partial charge in [0.1, 0.15) is 11.4 Å². The molecule has 22 heavy (non-hydrogen) atoms. The quantitative estimate of drug-likeness (QED) is 0.796. The molecule has 0 aliphatic carbocycles. The topological polar surface area (TPSA) is 43.3 Å². The zero-order valence-corrected chi connectivity index (χ0v) is 13.6. The molecule has 0 aliphatic rings. The smallest absolute Gasteiger partial charge is 0.268 e. The van der Waals surface area contributed by atoms with Crippen LogP contribution in [0.15, 0.2) is 36.4 Å². The van der Waals surface area contributed by atoms with Crippen LogP contribution in [-0.2, 0) is 13.6 Å². The van der Waals surface area contributed by atoms with Gasteiger partial charge in [0.2, 0.25) is 0 Å². The minimum atomic E-state index is -0.0621. The van der Waals surface area contributed by atoms with E-state index in [1.807, 2.05) is 54.9 Å². The lowest BCUT2D eigenvalue weighted by Crippen LogP contribution is -2.25. The normalized spacial score (nSPS) is 10.5. The average Bonchev–Trinajstić information content (AvgIpc) is 2.85. The predicted octanol–water partition coefficient (Wildman–Crippen LogP) is 3.44. The highest BCUT2D eigenvalue weighted by atomic mass is 16.5. The van der Waals surface area contributed by atoms with Crippen LogP contribution >= 0.6 is 0 Å². The van der Waals surface area contributed by atoms with Crippen LogP contribution in [0.3, 0.4) is 0 Å². The summed E-state index contributed by atoms with van der Waals surface area (Å²) < 4.78 is 7.57. The van der Waals surface area contributed by atoms with Gasteiger partial charge < -0.3 is 14.6 Å². The van der Waals surface area contributed by atoms with Crippen LogP contribution in [0.25, 0.3) is 0 Å². The van der Waals surface area contributed by atoms with Crippen LogP contribution in [0.5, 0.6) is 5.75 Å². The van der Waals surface area contributed by atoms with E-state index in [0.717, 1.165) is 36.5 Å². The highest BCUT2D eigenvalue weighted by molar-refractivity contribution is 5.92. The third kappa shape index (κ3) is 4.13. The number of ether oxygens (including phenoxy) is 1. The van der Waals surface area contributed by atoms with Crippen molar-refractivity contribution in [3.63, 3.8) is 0 Å². The molecule has 2 rings (SSSR count). The summed E-state index contributed by atoms with van der Waals surface area (Å²) in [5.74, 6) is 0.794. The van der Waals surface area contributed by atoms with E-state index in [2.05, 4.69) is 12.2 Å². The first-order valence-electron chi connectivity index (χ1n) is 7.74. The minimum Gasteiger partial charge on any atom is -0.494 e. The van der Waals surface area contributed by atoms with Crippen molar-refractivity contribution < 1.29 is 9.53 Å². The fourth-order valence-electron chi connectivity index (χ4n) is 2.19. The molecule has 0 bridgehead atoms. The van der Waals surface area contributed by atoms with Crippen LogP contribution in [0.4, 0.5) is 0 Å². The van der Waals surface area contributed by atoms with Crippen molar-refractivity contribution in [2.24, 2.45) is 7.05 Å². The molecule has 0 spiro atoms. The summed E-state index contributed by atoms with van der Waals surface area (Å²) in [6.07, 6.45) is 2.17. The molecule has 4 nitrogen and oxygen atoms in total. The molecule has 118 valence electrons. The van der Waals surface area contributed by atoms with Crippen LogP contribution in [-0.4, -0.2) is 17.1 Å². The van der Waals surface area contributed by atoms with Crippen molar-refractivity contribution in [2.45, 2.75) is 33.2 Å². The molecule has 1 heterocycles. The van der Waals surface area contributed by atoms with Gasteiger partial charge in [-0.3, -0.25) is 4.79 Å². The highest BCUT2D eigenvalue weighted by Gasteiger charge is 2.10. The number of aryl methyl sites for hydroxylation is 1. The van der Waals surface area contributed by atoms with E-state index in [9.17, 15) is 4.79 Å². The second-order valence-corrected chi connectivity index (χ2v) is 5.45. The minimum absolute atomic E-state index is 0.0621. The van der Waals surface area contributed by atoms with Crippen LogP contribution in [0, 0.1) is 6.92 Å². The molecule has 2 aromatic rings. The Kier molecular flexibility index (Phi) is 5.64. The summed E-state index contributed by atoms with van der Waals surface area (Å²) in [5, 5.41) is 2.95. The number of rotatable bonds is 7. The molecule has 1 aromatic heterocycles. The van der Waals surface area contributed by atoms with E-state index in [-0.39, 0.29) is 5.91 Å². The van der Waals surface area contributed by atoms with Gasteiger partial charge in [0.15, 0.2) is 0 Å². The maximum Gasteiger partial charge on any atom is 0.268 e. The van der Waals surface area contributed by atoms with Crippen molar-refractivity contribution in [3.8, 4) is 5.75 Å². The van der Waals surface area contributed by atoms with Gasteiger partial charge in [-0.05, 0) is 43.2 Å². The number of hydrogen-bond donors (Lipinski definition) is 1. The lowest BCUT2D eigenvalue weighted by atomic mass is 10.2. The number of carbonyl (C=O) groups excluding carboxylic acids is 1. The number of unbranched alkanes of at least 4 members (excludes halogenated alkanes) is 1. The maximum absolute atomic E-state index is 12.2. The Labute approximate surface area is 132 Å². The van der Waals surface area contributed by atoms with Gasteiger partial charge in [0, 0.05) is 19.3 Å². The van der Waals surface area contributed by atoms with Crippen LogP contribution in [0.2, 0.25) is 0 Å². The van der Waals surface area contributed by atoms with Gasteiger partial charge >= 0.3 is 0 Å². The first-order chi connectivity index (χ1) is 10.6. The van der Waals surface area contributed by atoms with Crippen LogP contribution in [0.1, 0.15) is 41.5 Å². The first kappa shape index (κ1) is 16.1. The molecule has 1 amide bonds. The van der Waals surface area contributed by atoms with Gasteiger partial charge in [-0.25, -0.2) is 0 Å². The molecule has 1 N–H and O–H groups in total. The van der Waals surface area contributed by atoms with E-state index in [1.54, 1.807) is 0 Å². The van der Waals surface area contributed by atoms with Crippen LogP contribution < -0.4 is 10.1 Å². The number of amides is 1. The largest absolute Gasteiger partial charge is 0.494 e. The molecular weight excluding hydrogens is 276 g/mol. The Morgan fingerprint density at radius 2 is 2.09 bits per heavy atom. The maximum atomic E-state index is 12.2. The molecule has 0 atom stereocenters. The number of carbonyl (C=O) groups is 1. The molecule has 0 radical (unpaired) electrons. The zero-order chi connectivity index (χ0) is 15.9. The zero-order valence-electron chi connectivity index (χ0n) is 13.6. The third-order valence-corrected chi connectivity index (χ3v) is 3.72. The van der Waals surface area contributed by atoms with Gasteiger partial charge in [-0.2, -0.15) is 0 Å². The molecule has 0 unspecified atom stereocenters. The van der Waals surface area contributed by atoms with Gasteiger partial charge in [0.25, 0.3) is 5.91 Å². The van der Waals surface area contributed by atoms with Gasteiger partial charge in [-0.15, -0.1) is 0 Å². The van der Waals surface area contributed by atoms with E-state index in [4.69, 9.17) is 4.74 Å². The monoisotopic (exact) mass is 300 g/mol. The molecular formula is C18H24N2O2. The van der Waals surface area contributed by atoms with E-state index >= 15 is 0 Å². The standard InChI is InChI=1S/C18H24N2O2/c1-4-5-11-22-16-8-6-7-15(12-16)13-19-18(21)17-10-9-14(2)20(17)3/h6-10,12H,4-5,11,13H2,1-3H3,(H,19,21). The average molecular weight is 300 g/mol. The predicted molar refractivity (Wildman–Crippen MR) is 88.2 cm³/mol. The number of nitrogens with one attached hydrogen (secondary N) is 1. The SMILES string of the molecule is CCCCOc1cccc(CNC(=O)c2ccc(C)n2C)c1. The van der Waals surface area contributed by atoms with Crippen molar-refractivity contribution in [3.05, 3.63) is 53.3 Å². The van der Waals surface area contributed by atoms with Crippen molar-refractivity contribution in [1.29, 1.82) is 0 Å². The Morgan fingerprint density at radius 3 is 2.77 bits per heavy atom. The summed E-state index contributed by atoms with van der Waals surface area (Å²) in [6, 6.07) is 11.7. The fraction of sp³-hybridized carbons (Fsp3) is 0.389. The summed E-state index contributed by atoms with van der Waals surface area (Å²) >= 11 is 0. The van der Waals surface area contributed by atoms with Crippen molar-refractivity contribution >= 4 is 5.91 Å². The van der Waals surface area contributed by atoms with Crippen molar-refractivity contribution in [1.82, 2.24) is 9.88 Å². The highest BCUT2D eigenvalue weighted by Crippen LogP contribution is 2.14. The molecule has 0 aliphatic heterocycles. The molecule has 4 heteroatoms. The van der Waals surface area contributed by atoms with E-state index in [1.165, 1.54) is 0 Å². The number of nitrogens with zero attached hydrogens (tertiary/aromatic N) is 1. The second-order valence-electron chi connectivity index (χ2n) is 5.45. The fourth-order valence-corrected chi connectivity index (χ4v) is 2.19. The van der Waals surface area contributed by atoms with E-state index in [0.29, 0.717) is 12.2 Å².